The van der Waals surface area contributed by atoms with Crippen molar-refractivity contribution in [1.29, 1.82) is 0 Å². The van der Waals surface area contributed by atoms with Gasteiger partial charge in [0, 0.05) is 5.30 Å². The molecule has 0 spiro atoms. The molecule has 0 amide bonds. The highest BCUT2D eigenvalue weighted by molar-refractivity contribution is 7.69. The molecular formula is C10H10F3O2P. The molecule has 0 bridgehead atoms. The summed E-state index contributed by atoms with van der Waals surface area (Å²) in [6.07, 6.45) is -5.63. The van der Waals surface area contributed by atoms with Crippen molar-refractivity contribution in [1.82, 2.24) is 0 Å². The second-order valence-corrected chi connectivity index (χ2v) is 5.32. The molecule has 6 heteroatoms. The quantitative estimate of drug-likeness (QED) is 0.837. The summed E-state index contributed by atoms with van der Waals surface area (Å²) in [5, 5.41) is -0.206. The smallest absolute Gasteiger partial charge is 0.338 e. The zero-order chi connectivity index (χ0) is 12.4. The van der Waals surface area contributed by atoms with Gasteiger partial charge in [-0.3, -0.25) is 4.57 Å². The molecule has 0 saturated heterocycles. The molecule has 88 valence electrons. The number of halogens is 3. The lowest BCUT2D eigenvalue weighted by Gasteiger charge is -2.13. The second-order valence-electron chi connectivity index (χ2n) is 3.23. The molecule has 0 fully saturated rings. The van der Waals surface area contributed by atoms with Gasteiger partial charge in [-0.1, -0.05) is 24.8 Å². The Hall–Kier alpha value is -1.06. The highest BCUT2D eigenvalue weighted by atomic mass is 31.2. The Bertz CT molecular complexity index is 440. The first-order valence-corrected chi connectivity index (χ1v) is 6.10. The Balaban J connectivity index is 3.21. The largest absolute Gasteiger partial charge is 0.393 e. The van der Waals surface area contributed by atoms with Crippen LogP contribution in [0.25, 0.3) is 0 Å². The molecule has 0 aromatic heterocycles. The second kappa shape index (κ2) is 4.44. The molecule has 16 heavy (non-hydrogen) atoms. The fourth-order valence-electron chi connectivity index (χ4n) is 1.29. The van der Waals surface area contributed by atoms with Crippen LogP contribution >= 0.6 is 7.37 Å². The van der Waals surface area contributed by atoms with E-state index in [-0.39, 0.29) is 10.9 Å². The van der Waals surface area contributed by atoms with Crippen LogP contribution in [0.1, 0.15) is 5.56 Å². The third-order valence-corrected chi connectivity index (χ3v) is 3.60. The normalized spacial score (nSPS) is 15.5. The van der Waals surface area contributed by atoms with Gasteiger partial charge in [-0.2, -0.15) is 13.2 Å². The molecule has 0 radical (unpaired) electrons. The minimum absolute atomic E-state index is 0.194. The summed E-state index contributed by atoms with van der Waals surface area (Å²) in [5.41, 5.74) is -0.194. The van der Waals surface area contributed by atoms with Gasteiger partial charge in [-0.25, -0.2) is 0 Å². The summed E-state index contributed by atoms with van der Waals surface area (Å²) in [4.78, 5) is 9.44. The van der Waals surface area contributed by atoms with E-state index in [0.717, 1.165) is 5.82 Å². The first-order valence-electron chi connectivity index (χ1n) is 4.37. The van der Waals surface area contributed by atoms with Crippen molar-refractivity contribution in [3.63, 3.8) is 0 Å². The van der Waals surface area contributed by atoms with Crippen LogP contribution in [0.3, 0.4) is 0 Å². The lowest BCUT2D eigenvalue weighted by atomic mass is 10.1. The van der Waals surface area contributed by atoms with Crippen LogP contribution in [0, 0.1) is 0 Å². The molecular weight excluding hydrogens is 240 g/mol. The van der Waals surface area contributed by atoms with Crippen LogP contribution in [0.5, 0.6) is 0 Å². The van der Waals surface area contributed by atoms with Crippen molar-refractivity contribution in [2.45, 2.75) is 12.6 Å². The maximum absolute atomic E-state index is 12.2. The van der Waals surface area contributed by atoms with E-state index in [1.54, 1.807) is 0 Å². The van der Waals surface area contributed by atoms with Gasteiger partial charge >= 0.3 is 6.18 Å². The molecule has 0 heterocycles. The van der Waals surface area contributed by atoms with Gasteiger partial charge < -0.3 is 4.89 Å². The summed E-state index contributed by atoms with van der Waals surface area (Å²) in [5.74, 6) is 0.780. The average Bonchev–Trinajstić information content (AvgIpc) is 2.16. The number of hydrogen-bond donors (Lipinski definition) is 1. The Morgan fingerprint density at radius 2 is 1.94 bits per heavy atom. The topological polar surface area (TPSA) is 37.3 Å². The van der Waals surface area contributed by atoms with E-state index < -0.39 is 20.0 Å². The molecule has 1 unspecified atom stereocenters. The van der Waals surface area contributed by atoms with Crippen molar-refractivity contribution < 1.29 is 22.6 Å². The zero-order valence-corrected chi connectivity index (χ0v) is 9.13. The van der Waals surface area contributed by atoms with Crippen molar-refractivity contribution in [3.05, 3.63) is 42.2 Å². The minimum atomic E-state index is -4.41. The zero-order valence-electron chi connectivity index (χ0n) is 8.24. The Labute approximate surface area is 90.9 Å². The minimum Gasteiger partial charge on any atom is -0.338 e. The van der Waals surface area contributed by atoms with E-state index in [0.29, 0.717) is 0 Å². The van der Waals surface area contributed by atoms with Gasteiger partial charge in [-0.05, 0) is 17.4 Å². The van der Waals surface area contributed by atoms with E-state index in [2.05, 4.69) is 6.58 Å². The molecule has 1 aromatic carbocycles. The summed E-state index contributed by atoms with van der Waals surface area (Å²) >= 11 is 0. The number of benzene rings is 1. The maximum atomic E-state index is 12.2. The first-order chi connectivity index (χ1) is 7.26. The lowest BCUT2D eigenvalue weighted by Crippen LogP contribution is -2.19. The van der Waals surface area contributed by atoms with Gasteiger partial charge in [0.25, 0.3) is 7.37 Å². The van der Waals surface area contributed by atoms with Gasteiger partial charge in [-0.15, -0.1) is 0 Å². The molecule has 0 aliphatic rings. The summed E-state index contributed by atoms with van der Waals surface area (Å²) in [7, 11) is -3.89. The van der Waals surface area contributed by atoms with Crippen molar-refractivity contribution in [3.8, 4) is 0 Å². The molecule has 1 aromatic rings. The fourth-order valence-corrected chi connectivity index (χ4v) is 2.35. The van der Waals surface area contributed by atoms with Gasteiger partial charge in [0.1, 0.15) is 0 Å². The van der Waals surface area contributed by atoms with Crippen LogP contribution in [0.2, 0.25) is 0 Å². The highest BCUT2D eigenvalue weighted by Gasteiger charge is 2.31. The van der Waals surface area contributed by atoms with Crippen molar-refractivity contribution >= 4 is 12.7 Å². The van der Waals surface area contributed by atoms with Crippen LogP contribution in [0.4, 0.5) is 13.2 Å². The predicted octanol–water partition coefficient (Wildman–Crippen LogP) is 2.83. The summed E-state index contributed by atoms with van der Waals surface area (Å²) in [6, 6.07) is 5.22. The Morgan fingerprint density at radius 3 is 2.44 bits per heavy atom. The highest BCUT2D eigenvalue weighted by Crippen LogP contribution is 2.42. The third-order valence-electron chi connectivity index (χ3n) is 1.98. The fraction of sp³-hybridized carbons (Fsp3) is 0.200. The Kier molecular flexibility index (Phi) is 3.61. The van der Waals surface area contributed by atoms with Gasteiger partial charge in [0.15, 0.2) is 0 Å². The molecule has 1 rings (SSSR count). The lowest BCUT2D eigenvalue weighted by molar-refractivity contribution is -0.127. The van der Waals surface area contributed by atoms with Gasteiger partial charge in [0.2, 0.25) is 0 Å². The molecule has 1 atom stereocenters. The van der Waals surface area contributed by atoms with Gasteiger partial charge in [0.05, 0.1) is 6.42 Å². The van der Waals surface area contributed by atoms with Crippen molar-refractivity contribution in [2.24, 2.45) is 0 Å². The molecule has 2 nitrogen and oxygen atoms in total. The summed E-state index contributed by atoms with van der Waals surface area (Å²) in [6.45, 7) is 3.15. The van der Waals surface area contributed by atoms with E-state index >= 15 is 0 Å². The molecule has 1 N–H and O–H groups in total. The van der Waals surface area contributed by atoms with E-state index in [4.69, 9.17) is 0 Å². The monoisotopic (exact) mass is 250 g/mol. The predicted molar refractivity (Wildman–Crippen MR) is 55.9 cm³/mol. The number of hydrogen-bond acceptors (Lipinski definition) is 1. The Morgan fingerprint density at radius 1 is 1.38 bits per heavy atom. The molecule has 0 aliphatic carbocycles. The van der Waals surface area contributed by atoms with Crippen LogP contribution in [0.15, 0.2) is 36.7 Å². The van der Waals surface area contributed by atoms with Crippen LogP contribution in [-0.2, 0) is 11.0 Å². The molecule has 0 aliphatic heterocycles. The SMILES string of the molecule is C=CP(=O)(O)c1ccccc1CC(F)(F)F. The average molecular weight is 250 g/mol. The third kappa shape index (κ3) is 3.22. The summed E-state index contributed by atoms with van der Waals surface area (Å²) < 4.78 is 48.2. The molecule has 0 saturated carbocycles. The van der Waals surface area contributed by atoms with E-state index in [1.165, 1.54) is 24.3 Å². The van der Waals surface area contributed by atoms with E-state index in [9.17, 15) is 22.6 Å². The first kappa shape index (κ1) is 13.0. The maximum Gasteiger partial charge on any atom is 0.393 e. The van der Waals surface area contributed by atoms with E-state index in [1.807, 2.05) is 0 Å². The number of rotatable bonds is 3. The van der Waals surface area contributed by atoms with Crippen LogP contribution < -0.4 is 5.30 Å². The number of alkyl halides is 3. The van der Waals surface area contributed by atoms with Crippen molar-refractivity contribution in [2.75, 3.05) is 0 Å². The standard InChI is InChI=1S/C10H10F3O2P/c1-2-16(14,15)9-6-4-3-5-8(9)7-10(11,12)13/h2-6H,1,7H2,(H,14,15). The van der Waals surface area contributed by atoms with Crippen LogP contribution in [-0.4, -0.2) is 11.1 Å².